The number of morpholine rings is 1. The van der Waals surface area contributed by atoms with Crippen molar-refractivity contribution in [3.63, 3.8) is 0 Å². The molecule has 0 spiro atoms. The number of ether oxygens (including phenoxy) is 1. The van der Waals surface area contributed by atoms with Gasteiger partial charge in [0.25, 0.3) is 0 Å². The van der Waals surface area contributed by atoms with Gasteiger partial charge in [-0.15, -0.1) is 0 Å². The van der Waals surface area contributed by atoms with Gasteiger partial charge in [-0.25, -0.2) is 4.39 Å². The van der Waals surface area contributed by atoms with Crippen LogP contribution in [-0.4, -0.2) is 43.3 Å². The van der Waals surface area contributed by atoms with Crippen molar-refractivity contribution in [3.05, 3.63) is 34.6 Å². The monoisotopic (exact) mass is 301 g/mol. The second-order valence-corrected chi connectivity index (χ2v) is 5.44. The molecule has 1 saturated heterocycles. The number of hydrogen-bond donors (Lipinski definition) is 2. The zero-order valence-electron chi connectivity index (χ0n) is 11.6. The largest absolute Gasteiger partial charge is 0.374 e. The molecule has 0 aliphatic carbocycles. The van der Waals surface area contributed by atoms with E-state index < -0.39 is 5.82 Å². The Morgan fingerprint density at radius 1 is 1.60 bits per heavy atom. The van der Waals surface area contributed by atoms with E-state index in [1.807, 2.05) is 0 Å². The molecule has 1 heterocycles. The van der Waals surface area contributed by atoms with Gasteiger partial charge in [-0.3, -0.25) is 16.2 Å². The van der Waals surface area contributed by atoms with Crippen LogP contribution >= 0.6 is 11.6 Å². The van der Waals surface area contributed by atoms with E-state index in [4.69, 9.17) is 22.2 Å². The van der Waals surface area contributed by atoms with Gasteiger partial charge in [-0.05, 0) is 30.7 Å². The van der Waals surface area contributed by atoms with Crippen LogP contribution in [0.25, 0.3) is 0 Å². The van der Waals surface area contributed by atoms with Crippen molar-refractivity contribution >= 4 is 11.6 Å². The van der Waals surface area contributed by atoms with Gasteiger partial charge in [0.1, 0.15) is 5.82 Å². The summed E-state index contributed by atoms with van der Waals surface area (Å²) in [5.74, 6) is 5.25. The van der Waals surface area contributed by atoms with Crippen molar-refractivity contribution in [3.8, 4) is 0 Å². The van der Waals surface area contributed by atoms with Crippen LogP contribution < -0.4 is 11.3 Å². The van der Waals surface area contributed by atoms with Gasteiger partial charge in [0.05, 0.1) is 23.8 Å². The van der Waals surface area contributed by atoms with Crippen LogP contribution in [0.3, 0.4) is 0 Å². The highest BCUT2D eigenvalue weighted by molar-refractivity contribution is 6.30. The standard InChI is InChI=1S/C14H21ClFN3O/c1-2-19-5-6-20-14(9-19)13(18-17)8-10-3-4-12(16)11(15)7-10/h3-4,7,13-14,18H,2,5-6,8-9,17H2,1H3. The topological polar surface area (TPSA) is 50.5 Å². The highest BCUT2D eigenvalue weighted by Crippen LogP contribution is 2.19. The third-order valence-corrected chi connectivity index (χ3v) is 4.02. The Labute approximate surface area is 124 Å². The molecule has 0 bridgehead atoms. The van der Waals surface area contributed by atoms with Crippen molar-refractivity contribution in [1.29, 1.82) is 0 Å². The lowest BCUT2D eigenvalue weighted by atomic mass is 10.0. The van der Waals surface area contributed by atoms with Crippen molar-refractivity contribution in [2.75, 3.05) is 26.2 Å². The first-order valence-corrected chi connectivity index (χ1v) is 7.25. The molecular weight excluding hydrogens is 281 g/mol. The maximum atomic E-state index is 13.2. The molecule has 1 aromatic rings. The van der Waals surface area contributed by atoms with E-state index in [9.17, 15) is 4.39 Å². The summed E-state index contributed by atoms with van der Waals surface area (Å²) >= 11 is 5.81. The Morgan fingerprint density at radius 3 is 3.05 bits per heavy atom. The Bertz CT molecular complexity index is 446. The molecule has 6 heteroatoms. The van der Waals surface area contributed by atoms with Crippen molar-refractivity contribution < 1.29 is 9.13 Å². The van der Waals surface area contributed by atoms with E-state index in [0.29, 0.717) is 13.0 Å². The van der Waals surface area contributed by atoms with Gasteiger partial charge in [-0.1, -0.05) is 24.6 Å². The lowest BCUT2D eigenvalue weighted by molar-refractivity contribution is -0.0447. The van der Waals surface area contributed by atoms with Gasteiger partial charge < -0.3 is 4.74 Å². The van der Waals surface area contributed by atoms with E-state index >= 15 is 0 Å². The first-order chi connectivity index (χ1) is 9.63. The SMILES string of the molecule is CCN1CCOC(C(Cc2ccc(F)c(Cl)c2)NN)C1. The lowest BCUT2D eigenvalue weighted by Gasteiger charge is -2.36. The number of nitrogens with one attached hydrogen (secondary N) is 1. The molecule has 1 aliphatic rings. The summed E-state index contributed by atoms with van der Waals surface area (Å²) in [6.45, 7) is 5.64. The summed E-state index contributed by atoms with van der Waals surface area (Å²) in [5.41, 5.74) is 3.75. The number of nitrogens with two attached hydrogens (primary N) is 1. The molecule has 0 radical (unpaired) electrons. The summed E-state index contributed by atoms with van der Waals surface area (Å²) in [4.78, 5) is 2.33. The number of nitrogens with zero attached hydrogens (tertiary/aromatic N) is 1. The molecule has 2 rings (SSSR count). The molecule has 0 amide bonds. The molecule has 2 atom stereocenters. The molecular formula is C14H21ClFN3O. The summed E-state index contributed by atoms with van der Waals surface area (Å²) < 4.78 is 19.0. The molecule has 112 valence electrons. The third kappa shape index (κ3) is 3.90. The van der Waals surface area contributed by atoms with E-state index in [2.05, 4.69) is 17.2 Å². The number of hydrogen-bond acceptors (Lipinski definition) is 4. The van der Waals surface area contributed by atoms with E-state index in [1.165, 1.54) is 6.07 Å². The van der Waals surface area contributed by atoms with Crippen LogP contribution in [0.1, 0.15) is 12.5 Å². The zero-order chi connectivity index (χ0) is 14.5. The van der Waals surface area contributed by atoms with E-state index in [-0.39, 0.29) is 17.2 Å². The van der Waals surface area contributed by atoms with Gasteiger partial charge >= 0.3 is 0 Å². The molecule has 1 aliphatic heterocycles. The molecule has 1 aromatic carbocycles. The Balaban J connectivity index is 2.02. The summed E-state index contributed by atoms with van der Waals surface area (Å²) in [6.07, 6.45) is 0.677. The first kappa shape index (κ1) is 15.7. The number of halogens is 2. The van der Waals surface area contributed by atoms with Crippen LogP contribution in [0, 0.1) is 5.82 Å². The lowest BCUT2D eigenvalue weighted by Crippen LogP contribution is -2.54. The molecule has 2 unspecified atom stereocenters. The molecule has 4 nitrogen and oxygen atoms in total. The van der Waals surface area contributed by atoms with E-state index in [0.717, 1.165) is 25.2 Å². The predicted octanol–water partition coefficient (Wildman–Crippen LogP) is 1.57. The fourth-order valence-electron chi connectivity index (χ4n) is 2.48. The maximum Gasteiger partial charge on any atom is 0.141 e. The van der Waals surface area contributed by atoms with Crippen molar-refractivity contribution in [2.45, 2.75) is 25.5 Å². The van der Waals surface area contributed by atoms with Crippen LogP contribution in [0.4, 0.5) is 4.39 Å². The number of rotatable bonds is 5. The minimum atomic E-state index is -0.404. The minimum absolute atomic E-state index is 0.0223. The van der Waals surface area contributed by atoms with Crippen LogP contribution in [-0.2, 0) is 11.2 Å². The molecule has 1 fully saturated rings. The number of likely N-dealkylation sites (N-methyl/N-ethyl adjacent to an activating group) is 1. The molecule has 20 heavy (non-hydrogen) atoms. The van der Waals surface area contributed by atoms with Gasteiger partial charge in [0, 0.05) is 13.1 Å². The first-order valence-electron chi connectivity index (χ1n) is 6.88. The Morgan fingerprint density at radius 2 is 2.40 bits per heavy atom. The predicted molar refractivity (Wildman–Crippen MR) is 78.1 cm³/mol. The number of hydrazine groups is 1. The average molecular weight is 302 g/mol. The Hall–Kier alpha value is -0.720. The van der Waals surface area contributed by atoms with Crippen LogP contribution in [0.5, 0.6) is 0 Å². The molecule has 0 aromatic heterocycles. The quantitative estimate of drug-likeness (QED) is 0.640. The van der Waals surface area contributed by atoms with Crippen LogP contribution in [0.15, 0.2) is 18.2 Å². The summed E-state index contributed by atoms with van der Waals surface area (Å²) in [6, 6.07) is 4.73. The van der Waals surface area contributed by atoms with Crippen molar-refractivity contribution in [1.82, 2.24) is 10.3 Å². The second-order valence-electron chi connectivity index (χ2n) is 5.03. The highest BCUT2D eigenvalue weighted by Gasteiger charge is 2.27. The van der Waals surface area contributed by atoms with Gasteiger partial charge in [0.15, 0.2) is 0 Å². The average Bonchev–Trinajstić information content (AvgIpc) is 2.48. The summed E-state index contributed by atoms with van der Waals surface area (Å²) in [7, 11) is 0. The maximum absolute atomic E-state index is 13.2. The fourth-order valence-corrected chi connectivity index (χ4v) is 2.68. The molecule has 0 saturated carbocycles. The minimum Gasteiger partial charge on any atom is -0.374 e. The normalized spacial score (nSPS) is 21.9. The van der Waals surface area contributed by atoms with Crippen LogP contribution in [0.2, 0.25) is 5.02 Å². The van der Waals surface area contributed by atoms with Crippen molar-refractivity contribution in [2.24, 2.45) is 5.84 Å². The van der Waals surface area contributed by atoms with E-state index in [1.54, 1.807) is 12.1 Å². The third-order valence-electron chi connectivity index (χ3n) is 3.73. The number of benzene rings is 1. The highest BCUT2D eigenvalue weighted by atomic mass is 35.5. The second kappa shape index (κ2) is 7.33. The van der Waals surface area contributed by atoms with Gasteiger partial charge in [0.2, 0.25) is 0 Å². The Kier molecular flexibility index (Phi) is 5.74. The fraction of sp³-hybridized carbons (Fsp3) is 0.571. The smallest absolute Gasteiger partial charge is 0.141 e. The van der Waals surface area contributed by atoms with Gasteiger partial charge in [-0.2, -0.15) is 0 Å². The summed E-state index contributed by atoms with van der Waals surface area (Å²) in [5, 5.41) is 0.137. The molecule has 3 N–H and O–H groups in total. The zero-order valence-corrected chi connectivity index (χ0v) is 12.4.